The van der Waals surface area contributed by atoms with Gasteiger partial charge < -0.3 is 15.3 Å². The Balaban J connectivity index is 2.50. The molecule has 0 aliphatic rings. The summed E-state index contributed by atoms with van der Waals surface area (Å²) in [5.41, 5.74) is 7.49. The number of aromatic amines is 1. The fraction of sp³-hybridized carbons (Fsp3) is 0.125. The number of anilines is 1. The molecule has 2 rings (SSSR count). The Kier molecular flexibility index (Phi) is 1.40. The van der Waals surface area contributed by atoms with Gasteiger partial charge in [-0.15, -0.1) is 0 Å². The van der Waals surface area contributed by atoms with Gasteiger partial charge in [0.15, 0.2) is 5.95 Å². The van der Waals surface area contributed by atoms with Crippen LogP contribution in [0.1, 0.15) is 0 Å². The maximum Gasteiger partial charge on any atom is 0.197 e. The number of nitrogens with zero attached hydrogens (tertiary/aromatic N) is 2. The summed E-state index contributed by atoms with van der Waals surface area (Å²) in [6.45, 7) is 0. The van der Waals surface area contributed by atoms with Crippen LogP contribution in [0.25, 0.3) is 11.4 Å². The summed E-state index contributed by atoms with van der Waals surface area (Å²) >= 11 is 0. The van der Waals surface area contributed by atoms with E-state index in [4.69, 9.17) is 5.73 Å². The Morgan fingerprint density at radius 2 is 2.42 bits per heavy atom. The van der Waals surface area contributed by atoms with Crippen LogP contribution in [0.3, 0.4) is 0 Å². The van der Waals surface area contributed by atoms with Crippen LogP contribution in [-0.2, 0) is 7.05 Å². The van der Waals surface area contributed by atoms with Crippen LogP contribution in [0.15, 0.2) is 24.5 Å². The molecular formula is C8H10N4. The lowest BCUT2D eigenvalue weighted by atomic mass is 10.3. The van der Waals surface area contributed by atoms with E-state index in [0.717, 1.165) is 11.4 Å². The van der Waals surface area contributed by atoms with Crippen molar-refractivity contribution in [3.8, 4) is 11.4 Å². The van der Waals surface area contributed by atoms with Crippen molar-refractivity contribution in [3.05, 3.63) is 24.5 Å². The van der Waals surface area contributed by atoms with Gasteiger partial charge in [-0.3, -0.25) is 0 Å². The average Bonchev–Trinajstić information content (AvgIpc) is 2.58. The Hall–Kier alpha value is -1.71. The minimum Gasteiger partial charge on any atom is -0.369 e. The smallest absolute Gasteiger partial charge is 0.197 e. The van der Waals surface area contributed by atoms with Crippen LogP contribution in [0.2, 0.25) is 0 Å². The van der Waals surface area contributed by atoms with Crippen molar-refractivity contribution < 1.29 is 0 Å². The molecular weight excluding hydrogens is 152 g/mol. The zero-order chi connectivity index (χ0) is 8.55. The van der Waals surface area contributed by atoms with Gasteiger partial charge in [0.25, 0.3) is 0 Å². The van der Waals surface area contributed by atoms with Gasteiger partial charge in [-0.2, -0.15) is 0 Å². The molecule has 2 heterocycles. The molecule has 0 aromatic carbocycles. The Morgan fingerprint density at radius 3 is 2.92 bits per heavy atom. The molecule has 62 valence electrons. The fourth-order valence-corrected chi connectivity index (χ4v) is 1.21. The maximum absolute atomic E-state index is 5.46. The molecule has 2 aromatic rings. The SMILES string of the molecule is Cn1cccc1-c1cnc(N)[nH]1. The highest BCUT2D eigenvalue weighted by molar-refractivity contribution is 5.55. The van der Waals surface area contributed by atoms with Crippen molar-refractivity contribution in [1.29, 1.82) is 0 Å². The molecule has 4 nitrogen and oxygen atoms in total. The minimum absolute atomic E-state index is 0.450. The van der Waals surface area contributed by atoms with E-state index in [1.165, 1.54) is 0 Å². The van der Waals surface area contributed by atoms with Crippen LogP contribution in [0, 0.1) is 0 Å². The first-order valence-corrected chi connectivity index (χ1v) is 3.69. The lowest BCUT2D eigenvalue weighted by Crippen LogP contribution is -1.90. The molecule has 2 aromatic heterocycles. The van der Waals surface area contributed by atoms with Gasteiger partial charge in [-0.25, -0.2) is 4.98 Å². The summed E-state index contributed by atoms with van der Waals surface area (Å²) in [6, 6.07) is 3.99. The number of aryl methyl sites for hydroxylation is 1. The van der Waals surface area contributed by atoms with Gasteiger partial charge >= 0.3 is 0 Å². The number of imidazole rings is 1. The second-order valence-electron chi connectivity index (χ2n) is 2.69. The number of nitrogens with two attached hydrogens (primary N) is 1. The van der Waals surface area contributed by atoms with Crippen LogP contribution in [0.5, 0.6) is 0 Å². The van der Waals surface area contributed by atoms with Crippen LogP contribution >= 0.6 is 0 Å². The molecule has 0 saturated heterocycles. The average molecular weight is 162 g/mol. The molecule has 0 bridgehead atoms. The highest BCUT2D eigenvalue weighted by Crippen LogP contribution is 2.16. The number of rotatable bonds is 1. The zero-order valence-electron chi connectivity index (χ0n) is 6.78. The summed E-state index contributed by atoms with van der Waals surface area (Å²) in [4.78, 5) is 6.89. The third kappa shape index (κ3) is 0.972. The van der Waals surface area contributed by atoms with Crippen LogP contribution in [0.4, 0.5) is 5.95 Å². The van der Waals surface area contributed by atoms with Crippen LogP contribution in [-0.4, -0.2) is 14.5 Å². The van der Waals surface area contributed by atoms with E-state index >= 15 is 0 Å². The van der Waals surface area contributed by atoms with Gasteiger partial charge in [0.1, 0.15) is 0 Å². The Bertz CT molecular complexity index is 385. The number of nitrogen functional groups attached to an aromatic ring is 1. The standard InChI is InChI=1S/C8H10N4/c1-12-4-2-3-7(12)6-5-10-8(9)11-6/h2-5H,1H3,(H3,9,10,11). The highest BCUT2D eigenvalue weighted by atomic mass is 15.0. The summed E-state index contributed by atoms with van der Waals surface area (Å²) < 4.78 is 2.01. The van der Waals surface area contributed by atoms with E-state index < -0.39 is 0 Å². The summed E-state index contributed by atoms with van der Waals surface area (Å²) in [5, 5.41) is 0. The normalized spacial score (nSPS) is 10.4. The lowest BCUT2D eigenvalue weighted by molar-refractivity contribution is 0.933. The molecule has 0 radical (unpaired) electrons. The lowest BCUT2D eigenvalue weighted by Gasteiger charge is -1.97. The molecule has 0 atom stereocenters. The minimum atomic E-state index is 0.450. The molecule has 0 amide bonds. The van der Waals surface area contributed by atoms with Crippen molar-refractivity contribution in [3.63, 3.8) is 0 Å². The second kappa shape index (κ2) is 2.41. The molecule has 0 aliphatic carbocycles. The largest absolute Gasteiger partial charge is 0.369 e. The first-order valence-electron chi connectivity index (χ1n) is 3.69. The number of hydrogen-bond acceptors (Lipinski definition) is 2. The van der Waals surface area contributed by atoms with E-state index in [2.05, 4.69) is 9.97 Å². The van der Waals surface area contributed by atoms with Gasteiger partial charge in [-0.05, 0) is 12.1 Å². The first-order chi connectivity index (χ1) is 5.77. The van der Waals surface area contributed by atoms with Gasteiger partial charge in [-0.1, -0.05) is 0 Å². The van der Waals surface area contributed by atoms with Gasteiger partial charge in [0, 0.05) is 13.2 Å². The van der Waals surface area contributed by atoms with Crippen LogP contribution < -0.4 is 5.73 Å². The predicted molar refractivity (Wildman–Crippen MR) is 47.4 cm³/mol. The van der Waals surface area contributed by atoms with E-state index in [1.807, 2.05) is 29.9 Å². The van der Waals surface area contributed by atoms with Gasteiger partial charge in [0.05, 0.1) is 17.6 Å². The zero-order valence-corrected chi connectivity index (χ0v) is 6.78. The molecule has 12 heavy (non-hydrogen) atoms. The predicted octanol–water partition coefficient (Wildman–Crippen LogP) is 0.997. The number of H-pyrrole nitrogens is 1. The quantitative estimate of drug-likeness (QED) is 0.657. The highest BCUT2D eigenvalue weighted by Gasteiger charge is 2.02. The summed E-state index contributed by atoms with van der Waals surface area (Å²) in [5.74, 6) is 0.450. The number of hydrogen-bond donors (Lipinski definition) is 2. The number of aromatic nitrogens is 3. The van der Waals surface area contributed by atoms with Gasteiger partial charge in [0.2, 0.25) is 0 Å². The molecule has 0 aliphatic heterocycles. The number of nitrogens with one attached hydrogen (secondary N) is 1. The molecule has 0 fully saturated rings. The first kappa shape index (κ1) is 6.97. The van der Waals surface area contributed by atoms with E-state index in [9.17, 15) is 0 Å². The molecule has 3 N–H and O–H groups in total. The molecule has 0 spiro atoms. The maximum atomic E-state index is 5.46. The monoisotopic (exact) mass is 162 g/mol. The Labute approximate surface area is 70.0 Å². The van der Waals surface area contributed by atoms with E-state index in [1.54, 1.807) is 6.20 Å². The van der Waals surface area contributed by atoms with Crippen molar-refractivity contribution >= 4 is 5.95 Å². The van der Waals surface area contributed by atoms with Crippen molar-refractivity contribution in [2.24, 2.45) is 7.05 Å². The second-order valence-corrected chi connectivity index (χ2v) is 2.69. The molecule has 0 saturated carbocycles. The third-order valence-electron chi connectivity index (χ3n) is 1.82. The van der Waals surface area contributed by atoms with Crippen molar-refractivity contribution in [1.82, 2.24) is 14.5 Å². The summed E-state index contributed by atoms with van der Waals surface area (Å²) in [6.07, 6.45) is 3.71. The van der Waals surface area contributed by atoms with Crippen molar-refractivity contribution in [2.45, 2.75) is 0 Å². The fourth-order valence-electron chi connectivity index (χ4n) is 1.21. The van der Waals surface area contributed by atoms with Crippen molar-refractivity contribution in [2.75, 3.05) is 5.73 Å². The van der Waals surface area contributed by atoms with E-state index in [0.29, 0.717) is 5.95 Å². The van der Waals surface area contributed by atoms with E-state index in [-0.39, 0.29) is 0 Å². The topological polar surface area (TPSA) is 59.6 Å². The Morgan fingerprint density at radius 1 is 1.58 bits per heavy atom. The summed E-state index contributed by atoms with van der Waals surface area (Å²) in [7, 11) is 1.98. The molecule has 4 heteroatoms. The molecule has 0 unspecified atom stereocenters. The third-order valence-corrected chi connectivity index (χ3v) is 1.82.